The fourth-order valence-electron chi connectivity index (χ4n) is 5.62. The molecule has 11 nitrogen and oxygen atoms in total. The first-order valence-electron chi connectivity index (χ1n) is 14.2. The zero-order valence-corrected chi connectivity index (χ0v) is 24.0. The van der Waals surface area contributed by atoms with E-state index in [1.165, 1.54) is 4.90 Å². The molecule has 0 radical (unpaired) electrons. The molecule has 2 aromatic rings. The summed E-state index contributed by atoms with van der Waals surface area (Å²) in [5.74, 6) is -0.565. The van der Waals surface area contributed by atoms with E-state index < -0.39 is 41.6 Å². The van der Waals surface area contributed by atoms with Crippen molar-refractivity contribution in [2.45, 2.75) is 83.6 Å². The van der Waals surface area contributed by atoms with Crippen molar-refractivity contribution in [1.29, 1.82) is 0 Å². The quantitative estimate of drug-likeness (QED) is 0.518. The second-order valence-electron chi connectivity index (χ2n) is 12.2. The number of carboxylic acid groups (broad SMARTS) is 1. The molecule has 2 N–H and O–H groups in total. The normalized spacial score (nSPS) is 27.5. The Hall–Kier alpha value is -3.89. The number of alkyl carbamates (subject to hydrolysis) is 1. The van der Waals surface area contributed by atoms with Crippen LogP contribution in [0.5, 0.6) is 11.6 Å². The molecule has 1 aliphatic carbocycles. The molecular formula is C30H38N4O7. The average molecular weight is 567 g/mol. The topological polar surface area (TPSA) is 140 Å². The Labute approximate surface area is 239 Å². The number of hydrogen-bond donors (Lipinski definition) is 2. The summed E-state index contributed by atoms with van der Waals surface area (Å²) >= 11 is 0. The lowest BCUT2D eigenvalue weighted by atomic mass is 9.85. The van der Waals surface area contributed by atoms with E-state index in [-0.39, 0.29) is 24.1 Å². The number of benzene rings is 1. The van der Waals surface area contributed by atoms with Crippen LogP contribution in [0.2, 0.25) is 0 Å². The molecule has 1 aromatic carbocycles. The number of ether oxygens (including phenoxy) is 3. The molecule has 11 heteroatoms. The number of aromatic nitrogens is 2. The van der Waals surface area contributed by atoms with E-state index in [0.29, 0.717) is 34.8 Å². The number of aryl methyl sites for hydroxylation is 1. The Morgan fingerprint density at radius 2 is 1.93 bits per heavy atom. The van der Waals surface area contributed by atoms with Crippen LogP contribution in [0.25, 0.3) is 11.0 Å². The Kier molecular flexibility index (Phi) is 7.80. The molecule has 2 aliphatic heterocycles. The molecule has 2 bridgehead atoms. The van der Waals surface area contributed by atoms with Crippen LogP contribution in [0, 0.1) is 11.3 Å². The van der Waals surface area contributed by atoms with E-state index in [1.807, 2.05) is 32.9 Å². The fourth-order valence-corrected chi connectivity index (χ4v) is 5.62. The van der Waals surface area contributed by atoms with Gasteiger partial charge in [-0.05, 0) is 54.7 Å². The SMILES string of the molecule is C=C1[C@@H](C(=O)O)N2C[C@@H]1Oc1nc3cc(OC)ccc3nc1CCCCC[C@@H]1C[C@H]1OC(=O)N[C@@H](C(C)(C)C)C2=O. The van der Waals surface area contributed by atoms with E-state index in [1.54, 1.807) is 13.2 Å². The minimum atomic E-state index is -1.33. The van der Waals surface area contributed by atoms with Crippen LogP contribution in [0.15, 0.2) is 30.4 Å². The lowest BCUT2D eigenvalue weighted by molar-refractivity contribution is -0.149. The highest BCUT2D eigenvalue weighted by Gasteiger charge is 2.49. The summed E-state index contributed by atoms with van der Waals surface area (Å²) in [5, 5.41) is 12.8. The minimum Gasteiger partial charge on any atom is -0.497 e. The first kappa shape index (κ1) is 28.6. The Morgan fingerprint density at radius 3 is 2.63 bits per heavy atom. The van der Waals surface area contributed by atoms with Crippen LogP contribution in [-0.2, 0) is 20.7 Å². The average Bonchev–Trinajstić information content (AvgIpc) is 3.56. The van der Waals surface area contributed by atoms with Crippen molar-refractivity contribution in [3.8, 4) is 11.6 Å². The van der Waals surface area contributed by atoms with Gasteiger partial charge in [0.25, 0.3) is 0 Å². The lowest BCUT2D eigenvalue weighted by Gasteiger charge is -2.34. The smallest absolute Gasteiger partial charge is 0.408 e. The molecule has 0 spiro atoms. The van der Waals surface area contributed by atoms with E-state index in [4.69, 9.17) is 24.2 Å². The summed E-state index contributed by atoms with van der Waals surface area (Å²) in [6.07, 6.45) is 3.48. The highest BCUT2D eigenvalue weighted by molar-refractivity contribution is 5.92. The summed E-state index contributed by atoms with van der Waals surface area (Å²) in [5.41, 5.74) is 1.44. The first-order valence-corrected chi connectivity index (χ1v) is 14.2. The molecular weight excluding hydrogens is 528 g/mol. The van der Waals surface area contributed by atoms with Crippen molar-refractivity contribution in [3.63, 3.8) is 0 Å². The molecule has 3 aliphatic rings. The van der Waals surface area contributed by atoms with E-state index in [2.05, 4.69) is 11.9 Å². The van der Waals surface area contributed by atoms with Gasteiger partial charge in [-0.3, -0.25) is 4.79 Å². The largest absolute Gasteiger partial charge is 0.497 e. The van der Waals surface area contributed by atoms with Crippen molar-refractivity contribution < 1.29 is 33.7 Å². The first-order chi connectivity index (χ1) is 19.5. The fraction of sp³-hybridized carbons (Fsp3) is 0.567. The minimum absolute atomic E-state index is 0.0695. The van der Waals surface area contributed by atoms with Crippen LogP contribution >= 0.6 is 0 Å². The van der Waals surface area contributed by atoms with E-state index in [9.17, 15) is 19.5 Å². The predicted molar refractivity (Wildman–Crippen MR) is 150 cm³/mol. The third-order valence-corrected chi connectivity index (χ3v) is 8.10. The zero-order valence-electron chi connectivity index (χ0n) is 24.0. The second-order valence-corrected chi connectivity index (χ2v) is 12.2. The number of nitrogens with one attached hydrogen (secondary N) is 1. The molecule has 0 unspecified atom stereocenters. The summed E-state index contributed by atoms with van der Waals surface area (Å²) in [6, 6.07) is 3.08. The number of carbonyl (C=O) groups excluding carboxylic acids is 2. The molecule has 5 atom stereocenters. The molecule has 41 heavy (non-hydrogen) atoms. The van der Waals surface area contributed by atoms with Gasteiger partial charge in [-0.1, -0.05) is 40.2 Å². The molecule has 2 amide bonds. The molecule has 2 fully saturated rings. The van der Waals surface area contributed by atoms with Gasteiger partial charge in [0, 0.05) is 6.07 Å². The standard InChI is InChI=1S/C30H38N4O7/c1-16-23-15-34(24(16)28(36)37)27(35)25(30(2,3)4)33-29(38)41-22-13-17(22)9-7-6-8-10-20-26(40-23)32-21-14-18(39-5)11-12-19(21)31-20/h11-12,14,17,22-25H,1,6-10,13,15H2,2-5H3,(H,33,38)(H,36,37)/t17-,22-,23+,24+,25-/m1/s1. The Bertz CT molecular complexity index is 1370. The van der Waals surface area contributed by atoms with Crippen molar-refractivity contribution in [1.82, 2.24) is 20.2 Å². The summed E-state index contributed by atoms with van der Waals surface area (Å²) in [6.45, 7) is 9.37. The number of amides is 2. The number of carbonyl (C=O) groups is 3. The molecule has 1 saturated carbocycles. The van der Waals surface area contributed by atoms with Crippen LogP contribution < -0.4 is 14.8 Å². The monoisotopic (exact) mass is 566 g/mol. The summed E-state index contributed by atoms with van der Waals surface area (Å²) < 4.78 is 17.3. The molecule has 220 valence electrons. The number of nitrogens with zero attached hydrogens (tertiary/aromatic N) is 3. The second kappa shape index (κ2) is 11.2. The summed E-state index contributed by atoms with van der Waals surface area (Å²) in [7, 11) is 1.57. The molecule has 1 saturated heterocycles. The Balaban J connectivity index is 1.52. The van der Waals surface area contributed by atoms with Crippen LogP contribution in [0.3, 0.4) is 0 Å². The van der Waals surface area contributed by atoms with Crippen molar-refractivity contribution >= 4 is 29.0 Å². The lowest BCUT2D eigenvalue weighted by Crippen LogP contribution is -2.57. The third-order valence-electron chi connectivity index (χ3n) is 8.10. The number of carboxylic acids is 1. The molecule has 3 heterocycles. The van der Waals surface area contributed by atoms with Crippen LogP contribution in [-0.4, -0.2) is 75.9 Å². The van der Waals surface area contributed by atoms with Crippen LogP contribution in [0.4, 0.5) is 4.79 Å². The van der Waals surface area contributed by atoms with Gasteiger partial charge in [0.1, 0.15) is 29.7 Å². The van der Waals surface area contributed by atoms with Gasteiger partial charge in [-0.15, -0.1) is 0 Å². The highest BCUT2D eigenvalue weighted by atomic mass is 16.6. The van der Waals surface area contributed by atoms with Gasteiger partial charge in [0.2, 0.25) is 11.8 Å². The maximum atomic E-state index is 13.9. The van der Waals surface area contributed by atoms with Crippen molar-refractivity contribution in [3.05, 3.63) is 36.0 Å². The van der Waals surface area contributed by atoms with Crippen LogP contribution in [0.1, 0.15) is 58.6 Å². The van der Waals surface area contributed by atoms with E-state index in [0.717, 1.165) is 32.1 Å². The molecule has 5 rings (SSSR count). The third kappa shape index (κ3) is 6.08. The number of fused-ring (bicyclic) bond motifs is 5. The zero-order chi connectivity index (χ0) is 29.5. The van der Waals surface area contributed by atoms with E-state index >= 15 is 0 Å². The number of hydrogen-bond acceptors (Lipinski definition) is 8. The van der Waals surface area contributed by atoms with Gasteiger partial charge in [-0.25, -0.2) is 19.6 Å². The number of aliphatic carboxylic acids is 1. The maximum absolute atomic E-state index is 13.9. The van der Waals surface area contributed by atoms with Crippen molar-refractivity contribution in [2.75, 3.05) is 13.7 Å². The van der Waals surface area contributed by atoms with Crippen molar-refractivity contribution in [2.24, 2.45) is 11.3 Å². The number of methoxy groups -OCH3 is 1. The van der Waals surface area contributed by atoms with Gasteiger partial charge < -0.3 is 29.5 Å². The van der Waals surface area contributed by atoms with Gasteiger partial charge in [0.05, 0.1) is 24.7 Å². The van der Waals surface area contributed by atoms with Gasteiger partial charge >= 0.3 is 12.1 Å². The number of rotatable bonds is 2. The predicted octanol–water partition coefficient (Wildman–Crippen LogP) is 3.88. The summed E-state index contributed by atoms with van der Waals surface area (Å²) in [4.78, 5) is 49.9. The maximum Gasteiger partial charge on any atom is 0.408 e. The molecule has 1 aromatic heterocycles. The van der Waals surface area contributed by atoms with Gasteiger partial charge in [-0.2, -0.15) is 0 Å². The Morgan fingerprint density at radius 1 is 1.15 bits per heavy atom. The highest BCUT2D eigenvalue weighted by Crippen LogP contribution is 2.39. The van der Waals surface area contributed by atoms with Gasteiger partial charge in [0.15, 0.2) is 6.04 Å².